The number of carboxylic acid groups (broad SMARTS) is 1. The number of halogens is 1. The summed E-state index contributed by atoms with van der Waals surface area (Å²) < 4.78 is 25.2. The van der Waals surface area contributed by atoms with Gasteiger partial charge in [0, 0.05) is 48.9 Å². The summed E-state index contributed by atoms with van der Waals surface area (Å²) >= 11 is 3.46. The number of carbonyl (C=O) groups excluding carboxylic acids is 5. The number of alkyl halides is 1. The van der Waals surface area contributed by atoms with Crippen molar-refractivity contribution in [2.45, 2.75) is 191 Å². The van der Waals surface area contributed by atoms with Crippen molar-refractivity contribution in [1.29, 1.82) is 0 Å². The van der Waals surface area contributed by atoms with Crippen LogP contribution in [-0.2, 0) is 65.3 Å². The van der Waals surface area contributed by atoms with E-state index in [1.165, 1.54) is 18.1 Å². The number of cyclic esters (lactones) is 1. The second kappa shape index (κ2) is 51.6. The number of esters is 5. The third kappa shape index (κ3) is 41.9. The smallest absolute Gasteiger partial charge is 0.309 e. The van der Waals surface area contributed by atoms with Crippen molar-refractivity contribution in [2.24, 2.45) is 117 Å². The number of azide groups is 1. The average molecular weight is 1320 g/mol. The Labute approximate surface area is 548 Å². The quantitative estimate of drug-likeness (QED) is 0.0173. The molecule has 2 aromatic carbocycles. The minimum absolute atomic E-state index is 0.0255. The van der Waals surface area contributed by atoms with Crippen LogP contribution in [0.15, 0.2) is 65.8 Å². The lowest BCUT2D eigenvalue weighted by atomic mass is 9.81. The molecule has 1 fully saturated rings. The number of rotatable bonds is 32. The largest absolute Gasteiger partial charge is 0.481 e. The highest BCUT2D eigenvalue weighted by atomic mass is 79.9. The first kappa shape index (κ1) is 88.2. The normalized spacial score (nSPS) is 16.2. The van der Waals surface area contributed by atoms with E-state index in [2.05, 4.69) is 187 Å². The fraction of sp³-hybridized carbons (Fsp3) is 0.750. The van der Waals surface area contributed by atoms with Crippen LogP contribution in [0.5, 0.6) is 0 Å². The van der Waals surface area contributed by atoms with Gasteiger partial charge in [0.15, 0.2) is 0 Å². The van der Waals surface area contributed by atoms with E-state index in [9.17, 15) is 28.8 Å². The summed E-state index contributed by atoms with van der Waals surface area (Å²) in [7, 11) is 0. The molecule has 0 spiro atoms. The molecule has 0 aromatic heterocycles. The second-order valence-electron chi connectivity index (χ2n) is 26.3. The minimum atomic E-state index is -0.752. The molecular formula is C72H125BrN4O12. The van der Waals surface area contributed by atoms with Gasteiger partial charge in [-0.1, -0.05) is 206 Å². The van der Waals surface area contributed by atoms with Crippen molar-refractivity contribution in [3.8, 4) is 0 Å². The van der Waals surface area contributed by atoms with Gasteiger partial charge in [0.1, 0.15) is 0 Å². The van der Waals surface area contributed by atoms with Crippen molar-refractivity contribution < 1.29 is 57.6 Å². The number of benzene rings is 2. The Morgan fingerprint density at radius 2 is 1.01 bits per heavy atom. The molecule has 16 nitrogen and oxygen atoms in total. The number of aliphatic carboxylic acids is 1. The standard InChI is InChI=1S/2C16H24O2.C11H21BrO2.C11H21N3O2.C9H19NO2.C9H16O2/c1-12(2)13(3)16(11-18-14(4)17)10-15-8-6-5-7-9-15;1-5-18-16(17)15(13(4)12(2)3)11-14-9-7-6-8-10-14;1-5-14-11(13)6-10(7-12)9(4)8(2)3;1-5-16-11(15)6-10(7-13-14-12)9(4)8(2)3;1-6(2)7(3)8(5-10)4-9(11)12;1-6(2)7(3)8-4-9(10)11-5-8/h5-9,12-13,16H,10-11H2,1-4H3;6-10,12-13,15H,5,11H2,1-4H3;8-10H,5-7H2,1-4H3;8-10H,5-7H2,1-4H3;6-8H,4-5,10H2,1-3H3,(H,11,12);6-8H,4-5H2,1-3H3/t13-,16+;13-,15+;2*9-,10+;2*7-,8+/m111111/s1. The summed E-state index contributed by atoms with van der Waals surface area (Å²) in [4.78, 5) is 69.7. The van der Waals surface area contributed by atoms with Crippen LogP contribution in [0, 0.1) is 107 Å². The Balaban J connectivity index is -0.00000101. The number of carbonyl (C=O) groups is 6. The van der Waals surface area contributed by atoms with Gasteiger partial charge >= 0.3 is 35.8 Å². The molecule has 512 valence electrons. The first-order valence-electron chi connectivity index (χ1n) is 33.0. The van der Waals surface area contributed by atoms with Gasteiger partial charge in [0.25, 0.3) is 0 Å². The SMILES string of the molecule is CC(=O)OC[C@H](Cc1ccccc1)[C@H](C)C(C)C.CC(C)[C@@H](C)[C@@H]1COC(=O)C1.CC(C)[C@@H](C)[C@H](CN)CC(=O)O.CCOC(=O)C[C@@H](CBr)[C@H](C)C(C)C.CCOC(=O)C[C@@H](CN=[N+]=[N-])[C@H](C)C(C)C.CCOC(=O)[C@@H](Cc1ccccc1)[C@H](C)C(C)C. The third-order valence-corrected chi connectivity index (χ3v) is 18.9. The molecule has 1 aliphatic rings. The summed E-state index contributed by atoms with van der Waals surface area (Å²) in [5.74, 6) is 6.00. The Bertz CT molecular complexity index is 2220. The summed E-state index contributed by atoms with van der Waals surface area (Å²) in [5, 5.41) is 13.0. The fourth-order valence-electron chi connectivity index (χ4n) is 9.71. The van der Waals surface area contributed by atoms with Gasteiger partial charge in [-0.2, -0.15) is 0 Å². The van der Waals surface area contributed by atoms with E-state index in [0.717, 1.165) is 18.2 Å². The molecule has 0 amide bonds. The Morgan fingerprint density at radius 1 is 0.596 bits per heavy atom. The van der Waals surface area contributed by atoms with Gasteiger partial charge in [-0.15, -0.1) is 0 Å². The van der Waals surface area contributed by atoms with E-state index in [4.69, 9.17) is 40.1 Å². The average Bonchev–Trinajstić information content (AvgIpc) is 3.64. The molecule has 1 saturated heterocycles. The molecule has 0 unspecified atom stereocenters. The number of ether oxygens (including phenoxy) is 5. The number of carboxylic acids is 1. The lowest BCUT2D eigenvalue weighted by molar-refractivity contribution is -0.150. The minimum Gasteiger partial charge on any atom is -0.481 e. The summed E-state index contributed by atoms with van der Waals surface area (Å²) in [5.41, 5.74) is 16.3. The fourth-order valence-corrected chi connectivity index (χ4v) is 10.5. The summed E-state index contributed by atoms with van der Waals surface area (Å²) in [6, 6.07) is 20.6. The Morgan fingerprint density at radius 3 is 1.37 bits per heavy atom. The van der Waals surface area contributed by atoms with Gasteiger partial charge < -0.3 is 34.5 Å². The topological polar surface area (TPSA) is 244 Å². The van der Waals surface area contributed by atoms with Crippen molar-refractivity contribution >= 4 is 51.7 Å². The molecule has 3 N–H and O–H groups in total. The molecule has 17 heteroatoms. The van der Waals surface area contributed by atoms with Crippen LogP contribution in [0.25, 0.3) is 10.4 Å². The predicted octanol–water partition coefficient (Wildman–Crippen LogP) is 17.0. The van der Waals surface area contributed by atoms with Crippen LogP contribution in [0.1, 0.15) is 189 Å². The van der Waals surface area contributed by atoms with Gasteiger partial charge in [-0.25, -0.2) is 0 Å². The van der Waals surface area contributed by atoms with Crippen LogP contribution in [0.2, 0.25) is 0 Å². The van der Waals surface area contributed by atoms with Crippen molar-refractivity contribution in [1.82, 2.24) is 0 Å². The van der Waals surface area contributed by atoms with E-state index in [1.807, 2.05) is 38.1 Å². The van der Waals surface area contributed by atoms with E-state index >= 15 is 0 Å². The van der Waals surface area contributed by atoms with E-state index in [-0.39, 0.29) is 54.0 Å². The van der Waals surface area contributed by atoms with Crippen LogP contribution in [0.4, 0.5) is 0 Å². The maximum Gasteiger partial charge on any atom is 0.309 e. The van der Waals surface area contributed by atoms with Crippen LogP contribution < -0.4 is 5.73 Å². The van der Waals surface area contributed by atoms with E-state index in [0.29, 0.717) is 154 Å². The summed E-state index contributed by atoms with van der Waals surface area (Å²) in [6.07, 6.45) is 3.40. The maximum atomic E-state index is 12.1. The van der Waals surface area contributed by atoms with Gasteiger partial charge in [0.05, 0.1) is 45.4 Å². The highest BCUT2D eigenvalue weighted by Gasteiger charge is 2.31. The third-order valence-electron chi connectivity index (χ3n) is 18.1. The molecule has 0 bridgehead atoms. The highest BCUT2D eigenvalue weighted by molar-refractivity contribution is 9.09. The zero-order valence-corrected chi connectivity index (χ0v) is 60.9. The molecule has 2 aromatic rings. The molecule has 0 radical (unpaired) electrons. The number of nitrogens with zero attached hydrogens (tertiary/aromatic N) is 3. The van der Waals surface area contributed by atoms with Crippen molar-refractivity contribution in [2.75, 3.05) is 51.5 Å². The molecule has 0 saturated carbocycles. The second-order valence-corrected chi connectivity index (χ2v) is 26.9. The Kier molecular flexibility index (Phi) is 51.1. The Hall–Kier alpha value is -4.99. The number of hydrogen-bond acceptors (Lipinski definition) is 13. The van der Waals surface area contributed by atoms with E-state index < -0.39 is 5.97 Å². The lowest BCUT2D eigenvalue weighted by Crippen LogP contribution is -2.29. The highest BCUT2D eigenvalue weighted by Crippen LogP contribution is 2.30. The van der Waals surface area contributed by atoms with Crippen LogP contribution in [-0.4, -0.2) is 92.4 Å². The predicted molar refractivity (Wildman–Crippen MR) is 366 cm³/mol. The molecule has 3 rings (SSSR count). The zero-order valence-electron chi connectivity index (χ0n) is 59.3. The summed E-state index contributed by atoms with van der Waals surface area (Å²) in [6.45, 7) is 49.0. The zero-order chi connectivity index (χ0) is 68.9. The maximum absolute atomic E-state index is 12.1. The van der Waals surface area contributed by atoms with Crippen molar-refractivity contribution in [3.63, 3.8) is 0 Å². The molecule has 0 aliphatic carbocycles. The first-order chi connectivity index (χ1) is 41.7. The lowest BCUT2D eigenvalue weighted by Gasteiger charge is -2.26. The van der Waals surface area contributed by atoms with Crippen molar-refractivity contribution in [3.05, 3.63) is 82.2 Å². The van der Waals surface area contributed by atoms with Gasteiger partial charge in [0.2, 0.25) is 0 Å². The molecule has 89 heavy (non-hydrogen) atoms. The molecule has 1 heterocycles. The monoisotopic (exact) mass is 1320 g/mol. The van der Waals surface area contributed by atoms with Crippen LogP contribution in [0.3, 0.4) is 0 Å². The van der Waals surface area contributed by atoms with Crippen LogP contribution >= 0.6 is 15.9 Å². The molecular weight excluding hydrogens is 1190 g/mol. The van der Waals surface area contributed by atoms with Gasteiger partial charge in [-0.3, -0.25) is 28.8 Å². The molecule has 12 atom stereocenters. The molecule has 1 aliphatic heterocycles. The number of nitrogens with two attached hydrogens (primary N) is 1. The van der Waals surface area contributed by atoms with E-state index in [1.54, 1.807) is 6.92 Å². The first-order valence-corrected chi connectivity index (χ1v) is 34.2. The van der Waals surface area contributed by atoms with Gasteiger partial charge in [-0.05, 0) is 152 Å². The number of hydrogen-bond donors (Lipinski definition) is 2.